The largest absolute Gasteiger partial charge is 0.528 e. The van der Waals surface area contributed by atoms with E-state index in [4.69, 9.17) is 14.3 Å². The summed E-state index contributed by atoms with van der Waals surface area (Å²) in [4.78, 5) is 24.9. The molecule has 0 saturated carbocycles. The predicted molar refractivity (Wildman–Crippen MR) is 112 cm³/mol. The van der Waals surface area contributed by atoms with Gasteiger partial charge in [0.25, 0.3) is 0 Å². The average molecular weight is 516 g/mol. The van der Waals surface area contributed by atoms with Gasteiger partial charge in [0.05, 0.1) is 11.8 Å². The van der Waals surface area contributed by atoms with Gasteiger partial charge in [0, 0.05) is 35.6 Å². The van der Waals surface area contributed by atoms with Crippen LogP contribution in [0.4, 0.5) is 20.7 Å². The number of benzene rings is 1. The second-order valence-electron chi connectivity index (χ2n) is 6.74. The molecule has 10 heteroatoms. The van der Waals surface area contributed by atoms with E-state index in [2.05, 4.69) is 37.9 Å². The van der Waals surface area contributed by atoms with Crippen molar-refractivity contribution in [3.8, 4) is 5.88 Å². The summed E-state index contributed by atoms with van der Waals surface area (Å²) < 4.78 is 25.7. The third-order valence-corrected chi connectivity index (χ3v) is 4.73. The van der Waals surface area contributed by atoms with E-state index in [0.29, 0.717) is 43.3 Å². The van der Waals surface area contributed by atoms with Crippen LogP contribution in [0.2, 0.25) is 0 Å². The van der Waals surface area contributed by atoms with E-state index < -0.39 is 6.16 Å². The number of hydrogen-bond donors (Lipinski definition) is 1. The van der Waals surface area contributed by atoms with E-state index >= 15 is 0 Å². The molecule has 0 aliphatic carbocycles. The van der Waals surface area contributed by atoms with Crippen molar-refractivity contribution in [3.63, 3.8) is 0 Å². The first-order chi connectivity index (χ1) is 13.9. The van der Waals surface area contributed by atoms with Crippen LogP contribution in [0, 0.1) is 9.39 Å². The molecule has 0 radical (unpaired) electrons. The molecule has 0 atom stereocenters. The summed E-state index contributed by atoms with van der Waals surface area (Å²) >= 11 is 2.05. The molecule has 0 spiro atoms. The smallest absolute Gasteiger partial charge is 0.474 e. The quantitative estimate of drug-likeness (QED) is 0.450. The van der Waals surface area contributed by atoms with Gasteiger partial charge >= 0.3 is 6.16 Å². The minimum atomic E-state index is -0.700. The highest BCUT2D eigenvalue weighted by Gasteiger charge is 2.24. The molecule has 1 N–H and O–H groups in total. The molecule has 0 amide bonds. The zero-order chi connectivity index (χ0) is 20.8. The number of hydrogen-bond acceptors (Lipinski definition) is 8. The fourth-order valence-corrected chi connectivity index (χ4v) is 3.19. The van der Waals surface area contributed by atoms with Crippen molar-refractivity contribution < 1.29 is 23.5 Å². The topological polar surface area (TPSA) is 85.8 Å². The number of carbonyl (C=O) groups excluding carboxylic acids is 1. The zero-order valence-electron chi connectivity index (χ0n) is 16.1. The Morgan fingerprint density at radius 3 is 2.72 bits per heavy atom. The Balaban J connectivity index is 1.51. The molecule has 1 aromatic carbocycles. The summed E-state index contributed by atoms with van der Waals surface area (Å²) in [6.07, 6.45) is 1.68. The van der Waals surface area contributed by atoms with Crippen LogP contribution in [0.1, 0.15) is 26.7 Å². The van der Waals surface area contributed by atoms with E-state index in [-0.39, 0.29) is 18.0 Å². The molecule has 1 aromatic heterocycles. The maximum atomic E-state index is 14.0. The Labute approximate surface area is 181 Å². The Morgan fingerprint density at radius 1 is 1.28 bits per heavy atom. The highest BCUT2D eigenvalue weighted by molar-refractivity contribution is 14.1. The first-order valence-electron chi connectivity index (χ1n) is 9.23. The molecule has 1 saturated heterocycles. The summed E-state index contributed by atoms with van der Waals surface area (Å²) in [5.74, 6) is 0.473. The molecular formula is C19H22FIN4O4. The molecule has 0 unspecified atom stereocenters. The van der Waals surface area contributed by atoms with Gasteiger partial charge in [0.2, 0.25) is 5.88 Å². The van der Waals surface area contributed by atoms with Gasteiger partial charge in [-0.1, -0.05) is 0 Å². The lowest BCUT2D eigenvalue weighted by atomic mass is 10.1. The van der Waals surface area contributed by atoms with Crippen molar-refractivity contribution in [1.29, 1.82) is 0 Å². The SMILES string of the molecule is CC(C)OC(=O)ON1CCC(Oc2cc(Nc3ccc(I)cc3F)ncn2)CC1. The summed E-state index contributed by atoms with van der Waals surface area (Å²) in [5.41, 5.74) is 0.328. The number of aromatic nitrogens is 2. The van der Waals surface area contributed by atoms with E-state index in [1.165, 1.54) is 12.4 Å². The minimum absolute atomic E-state index is 0.0752. The highest BCUT2D eigenvalue weighted by atomic mass is 127. The molecule has 2 heterocycles. The number of anilines is 2. The van der Waals surface area contributed by atoms with Crippen molar-refractivity contribution in [1.82, 2.24) is 15.0 Å². The van der Waals surface area contributed by atoms with E-state index in [1.54, 1.807) is 37.1 Å². The van der Waals surface area contributed by atoms with E-state index in [9.17, 15) is 9.18 Å². The van der Waals surface area contributed by atoms with Crippen LogP contribution in [-0.4, -0.2) is 46.5 Å². The molecular weight excluding hydrogens is 494 g/mol. The fraction of sp³-hybridized carbons (Fsp3) is 0.421. The minimum Gasteiger partial charge on any atom is -0.474 e. The van der Waals surface area contributed by atoms with Gasteiger partial charge in [-0.05, 0) is 54.6 Å². The lowest BCUT2D eigenvalue weighted by molar-refractivity contribution is -0.151. The normalized spacial score (nSPS) is 15.2. The van der Waals surface area contributed by atoms with Gasteiger partial charge in [-0.3, -0.25) is 0 Å². The van der Waals surface area contributed by atoms with Crippen molar-refractivity contribution in [2.45, 2.75) is 38.9 Å². The maximum Gasteiger partial charge on any atom is 0.528 e. The second kappa shape index (κ2) is 10.0. The Kier molecular flexibility index (Phi) is 7.42. The fourth-order valence-electron chi connectivity index (χ4n) is 2.73. The number of piperidine rings is 1. The van der Waals surface area contributed by atoms with Crippen LogP contribution in [0.25, 0.3) is 0 Å². The van der Waals surface area contributed by atoms with Crippen LogP contribution in [0.15, 0.2) is 30.6 Å². The number of hydroxylamine groups is 2. The van der Waals surface area contributed by atoms with Gasteiger partial charge < -0.3 is 19.6 Å². The predicted octanol–water partition coefficient (Wildman–Crippen LogP) is 4.28. The van der Waals surface area contributed by atoms with Crippen LogP contribution in [-0.2, 0) is 9.57 Å². The van der Waals surface area contributed by atoms with Crippen molar-refractivity contribution in [2.24, 2.45) is 0 Å². The number of carbonyl (C=O) groups is 1. The lowest BCUT2D eigenvalue weighted by Crippen LogP contribution is -2.40. The first-order valence-corrected chi connectivity index (χ1v) is 10.3. The lowest BCUT2D eigenvalue weighted by Gasteiger charge is -2.30. The van der Waals surface area contributed by atoms with E-state index in [1.807, 2.05) is 0 Å². The average Bonchev–Trinajstić information content (AvgIpc) is 2.65. The molecule has 1 aliphatic rings. The third-order valence-electron chi connectivity index (χ3n) is 4.06. The molecule has 1 aliphatic heterocycles. The standard InChI is InChI=1S/C19H22FIN4O4/c1-12(2)27-19(26)29-25-7-5-14(6-8-25)28-18-10-17(22-11-23-18)24-16-4-3-13(21)9-15(16)20/h3-4,9-12,14H,5-8H2,1-2H3,(H,22,23,24). The molecule has 156 valence electrons. The summed E-state index contributed by atoms with van der Waals surface area (Å²) in [6.45, 7) is 4.59. The molecule has 8 nitrogen and oxygen atoms in total. The number of rotatable bonds is 6. The zero-order valence-corrected chi connectivity index (χ0v) is 18.3. The molecule has 1 fully saturated rings. The maximum absolute atomic E-state index is 14.0. The van der Waals surface area contributed by atoms with Crippen LogP contribution < -0.4 is 10.1 Å². The molecule has 2 aromatic rings. The Hall–Kier alpha value is -2.21. The number of ether oxygens (including phenoxy) is 2. The first kappa shape index (κ1) is 21.5. The summed E-state index contributed by atoms with van der Waals surface area (Å²) in [6, 6.07) is 6.52. The monoisotopic (exact) mass is 516 g/mol. The Morgan fingerprint density at radius 2 is 2.03 bits per heavy atom. The van der Waals surface area contributed by atoms with Gasteiger partial charge in [0.15, 0.2) is 0 Å². The number of nitrogens with zero attached hydrogens (tertiary/aromatic N) is 3. The van der Waals surface area contributed by atoms with Crippen molar-refractivity contribution in [3.05, 3.63) is 40.0 Å². The van der Waals surface area contributed by atoms with Crippen LogP contribution in [0.5, 0.6) is 5.88 Å². The van der Waals surface area contributed by atoms with Gasteiger partial charge in [0.1, 0.15) is 24.1 Å². The van der Waals surface area contributed by atoms with Gasteiger partial charge in [-0.25, -0.2) is 19.2 Å². The molecule has 29 heavy (non-hydrogen) atoms. The van der Waals surface area contributed by atoms with Crippen LogP contribution in [0.3, 0.4) is 0 Å². The van der Waals surface area contributed by atoms with Gasteiger partial charge in [-0.2, -0.15) is 0 Å². The van der Waals surface area contributed by atoms with Crippen LogP contribution >= 0.6 is 22.6 Å². The second-order valence-corrected chi connectivity index (χ2v) is 7.99. The molecule has 0 bridgehead atoms. The molecule has 3 rings (SSSR count). The Bertz CT molecular complexity index is 847. The summed E-state index contributed by atoms with van der Waals surface area (Å²) in [5, 5.41) is 4.50. The number of nitrogens with one attached hydrogen (secondary N) is 1. The van der Waals surface area contributed by atoms with Crippen molar-refractivity contribution >= 4 is 40.3 Å². The highest BCUT2D eigenvalue weighted by Crippen LogP contribution is 2.23. The van der Waals surface area contributed by atoms with Gasteiger partial charge in [-0.15, -0.1) is 5.06 Å². The van der Waals surface area contributed by atoms with Crippen molar-refractivity contribution in [2.75, 3.05) is 18.4 Å². The van der Waals surface area contributed by atoms with E-state index in [0.717, 1.165) is 3.57 Å². The third kappa shape index (κ3) is 6.67. The number of halogens is 2. The summed E-state index contributed by atoms with van der Waals surface area (Å²) in [7, 11) is 0.